The highest BCUT2D eigenvalue weighted by atomic mass is 79.9. The van der Waals surface area contributed by atoms with E-state index in [0.29, 0.717) is 30.7 Å². The summed E-state index contributed by atoms with van der Waals surface area (Å²) in [5, 5.41) is 2.93. The van der Waals surface area contributed by atoms with Crippen molar-refractivity contribution in [3.8, 4) is 5.75 Å². The van der Waals surface area contributed by atoms with Crippen LogP contribution in [0.25, 0.3) is 0 Å². The molecule has 5 rings (SSSR count). The van der Waals surface area contributed by atoms with Crippen molar-refractivity contribution in [2.45, 2.75) is 50.6 Å². The fraction of sp³-hybridized carbons (Fsp3) is 0.438. The van der Waals surface area contributed by atoms with Gasteiger partial charge in [0, 0.05) is 33.6 Å². The molecule has 1 unspecified atom stereocenters. The molecule has 212 valence electrons. The van der Waals surface area contributed by atoms with Crippen molar-refractivity contribution in [1.82, 2.24) is 20.1 Å². The van der Waals surface area contributed by atoms with E-state index in [4.69, 9.17) is 9.72 Å². The van der Waals surface area contributed by atoms with E-state index in [1.807, 2.05) is 36.4 Å². The fourth-order valence-corrected chi connectivity index (χ4v) is 6.81. The maximum atomic E-state index is 12.7. The first kappa shape index (κ1) is 29.2. The molecule has 2 aliphatic rings. The first-order valence-corrected chi connectivity index (χ1v) is 16.0. The van der Waals surface area contributed by atoms with Gasteiger partial charge in [-0.25, -0.2) is 0 Å². The number of halogens is 2. The normalized spacial score (nSPS) is 19.2. The Morgan fingerprint density at radius 3 is 2.48 bits per heavy atom. The summed E-state index contributed by atoms with van der Waals surface area (Å²) in [4.78, 5) is 22.8. The molecule has 0 spiro atoms. The largest absolute Gasteiger partial charge is 0.492 e. The van der Waals surface area contributed by atoms with Gasteiger partial charge >= 0.3 is 0 Å². The number of carbonyl (C=O) groups excluding carboxylic acids is 1. The molecule has 6 nitrogen and oxygen atoms in total. The van der Waals surface area contributed by atoms with Gasteiger partial charge in [0.25, 0.3) is 5.91 Å². The van der Waals surface area contributed by atoms with Crippen LogP contribution in [0.3, 0.4) is 0 Å². The van der Waals surface area contributed by atoms with E-state index in [1.54, 1.807) is 6.20 Å². The second-order valence-corrected chi connectivity index (χ2v) is 12.6. The van der Waals surface area contributed by atoms with Gasteiger partial charge in [-0.1, -0.05) is 46.3 Å². The summed E-state index contributed by atoms with van der Waals surface area (Å²) in [6, 6.07) is 20.9. The SMILES string of the molecule is O=C(NCCOc1ccccc1)c1cnc(C2CCCN(C3CCN(Cc4ccc(Br)cc4)CC3)CC2)c(Br)c1. The van der Waals surface area contributed by atoms with Gasteiger partial charge in [-0.05, 0) is 110 Å². The van der Waals surface area contributed by atoms with Gasteiger partial charge in [-0.2, -0.15) is 0 Å². The van der Waals surface area contributed by atoms with E-state index < -0.39 is 0 Å². The molecule has 3 aromatic rings. The number of rotatable bonds is 9. The molecular weight excluding hydrogens is 632 g/mol. The predicted molar refractivity (Wildman–Crippen MR) is 167 cm³/mol. The molecule has 3 heterocycles. The van der Waals surface area contributed by atoms with Gasteiger partial charge in [-0.15, -0.1) is 0 Å². The number of amides is 1. The standard InChI is InChI=1S/C32H38Br2N4O2/c33-27-10-8-24(9-11-27)23-37-17-13-28(14-18-37)38-16-4-5-25(12-19-38)31-30(34)21-26(22-36-31)32(39)35-15-20-40-29-6-2-1-3-7-29/h1-3,6-11,21-22,25,28H,4-5,12-20,23H2,(H,35,39). The Bertz CT molecular complexity index is 1230. The van der Waals surface area contributed by atoms with Crippen LogP contribution in [-0.2, 0) is 6.54 Å². The average molecular weight is 670 g/mol. The minimum absolute atomic E-state index is 0.130. The number of carbonyl (C=O) groups is 1. The van der Waals surface area contributed by atoms with E-state index in [0.717, 1.165) is 66.0 Å². The molecule has 0 saturated carbocycles. The summed E-state index contributed by atoms with van der Waals surface area (Å²) >= 11 is 7.26. The Morgan fingerprint density at radius 1 is 0.950 bits per heavy atom. The summed E-state index contributed by atoms with van der Waals surface area (Å²) in [7, 11) is 0. The number of piperidine rings is 1. The Balaban J connectivity index is 1.07. The number of likely N-dealkylation sites (tertiary alicyclic amines) is 2. The molecule has 40 heavy (non-hydrogen) atoms. The Labute approximate surface area is 254 Å². The highest BCUT2D eigenvalue weighted by molar-refractivity contribution is 9.10. The van der Waals surface area contributed by atoms with E-state index in [2.05, 4.69) is 71.2 Å². The van der Waals surface area contributed by atoms with Crippen LogP contribution in [0.2, 0.25) is 0 Å². The van der Waals surface area contributed by atoms with Crippen LogP contribution in [0.4, 0.5) is 0 Å². The zero-order valence-electron chi connectivity index (χ0n) is 22.9. The Hall–Kier alpha value is -2.26. The lowest BCUT2D eigenvalue weighted by atomic mass is 9.96. The van der Waals surface area contributed by atoms with Crippen LogP contribution in [0.15, 0.2) is 75.8 Å². The van der Waals surface area contributed by atoms with Crippen molar-refractivity contribution in [2.75, 3.05) is 39.3 Å². The smallest absolute Gasteiger partial charge is 0.253 e. The van der Waals surface area contributed by atoms with Crippen LogP contribution in [0.1, 0.15) is 59.6 Å². The highest BCUT2D eigenvalue weighted by Gasteiger charge is 2.28. The highest BCUT2D eigenvalue weighted by Crippen LogP contribution is 2.33. The summed E-state index contributed by atoms with van der Waals surface area (Å²) < 4.78 is 7.73. The number of pyridine rings is 1. The van der Waals surface area contributed by atoms with Crippen LogP contribution in [-0.4, -0.2) is 66.1 Å². The summed E-state index contributed by atoms with van der Waals surface area (Å²) in [5.74, 6) is 1.08. The monoisotopic (exact) mass is 668 g/mol. The minimum atomic E-state index is -0.130. The van der Waals surface area contributed by atoms with Crippen molar-refractivity contribution in [3.63, 3.8) is 0 Å². The third-order valence-electron chi connectivity index (χ3n) is 8.07. The minimum Gasteiger partial charge on any atom is -0.492 e. The number of nitrogens with one attached hydrogen (secondary N) is 1. The van der Waals surface area contributed by atoms with Crippen molar-refractivity contribution in [2.24, 2.45) is 0 Å². The van der Waals surface area contributed by atoms with Gasteiger partial charge < -0.3 is 15.0 Å². The van der Waals surface area contributed by atoms with Gasteiger partial charge in [0.15, 0.2) is 0 Å². The van der Waals surface area contributed by atoms with Crippen LogP contribution in [0.5, 0.6) is 5.75 Å². The first-order chi connectivity index (χ1) is 19.5. The molecule has 2 aliphatic heterocycles. The second-order valence-electron chi connectivity index (χ2n) is 10.8. The van der Waals surface area contributed by atoms with Crippen molar-refractivity contribution < 1.29 is 9.53 Å². The summed E-state index contributed by atoms with van der Waals surface area (Å²) in [6.07, 6.45) is 7.62. The number of hydrogen-bond acceptors (Lipinski definition) is 5. The summed E-state index contributed by atoms with van der Waals surface area (Å²) in [6.45, 7) is 6.50. The number of aromatic nitrogens is 1. The van der Waals surface area contributed by atoms with E-state index >= 15 is 0 Å². The lowest BCUT2D eigenvalue weighted by Gasteiger charge is -2.38. The zero-order chi connectivity index (χ0) is 27.7. The number of benzene rings is 2. The van der Waals surface area contributed by atoms with Gasteiger partial charge in [0.2, 0.25) is 0 Å². The first-order valence-electron chi connectivity index (χ1n) is 14.4. The number of para-hydroxylation sites is 1. The number of hydrogen-bond donors (Lipinski definition) is 1. The lowest BCUT2D eigenvalue weighted by Crippen LogP contribution is -2.45. The zero-order valence-corrected chi connectivity index (χ0v) is 26.1. The molecule has 1 aromatic heterocycles. The number of ether oxygens (including phenoxy) is 1. The maximum absolute atomic E-state index is 12.7. The van der Waals surface area contributed by atoms with Gasteiger partial charge in [0.1, 0.15) is 12.4 Å². The molecule has 0 aliphatic carbocycles. The third kappa shape index (κ3) is 8.15. The molecule has 8 heteroatoms. The van der Waals surface area contributed by atoms with E-state index in [1.165, 1.54) is 24.8 Å². The molecule has 2 fully saturated rings. The summed E-state index contributed by atoms with van der Waals surface area (Å²) in [5.41, 5.74) is 3.04. The molecular formula is C32H38Br2N4O2. The van der Waals surface area contributed by atoms with Crippen LogP contribution in [0, 0.1) is 0 Å². The number of nitrogens with zero attached hydrogens (tertiary/aromatic N) is 3. The van der Waals surface area contributed by atoms with E-state index in [9.17, 15) is 4.79 Å². The molecule has 1 atom stereocenters. The van der Waals surface area contributed by atoms with Crippen molar-refractivity contribution in [3.05, 3.63) is 92.6 Å². The van der Waals surface area contributed by atoms with Crippen molar-refractivity contribution in [1.29, 1.82) is 0 Å². The predicted octanol–water partition coefficient (Wildman–Crippen LogP) is 6.65. The maximum Gasteiger partial charge on any atom is 0.253 e. The van der Waals surface area contributed by atoms with Crippen LogP contribution < -0.4 is 10.1 Å². The Morgan fingerprint density at radius 2 is 1.73 bits per heavy atom. The van der Waals surface area contributed by atoms with Gasteiger partial charge in [-0.3, -0.25) is 14.7 Å². The topological polar surface area (TPSA) is 57.7 Å². The average Bonchev–Trinajstić information content (AvgIpc) is 3.24. The molecule has 1 N–H and O–H groups in total. The molecule has 2 aromatic carbocycles. The fourth-order valence-electron chi connectivity index (χ4n) is 5.87. The molecule has 0 bridgehead atoms. The molecule has 2 saturated heterocycles. The Kier molecular flexibility index (Phi) is 10.7. The van der Waals surface area contributed by atoms with Gasteiger partial charge in [0.05, 0.1) is 17.8 Å². The third-order valence-corrected chi connectivity index (χ3v) is 9.24. The second kappa shape index (κ2) is 14.6. The quantitative estimate of drug-likeness (QED) is 0.259. The van der Waals surface area contributed by atoms with Crippen LogP contribution >= 0.6 is 31.9 Å². The lowest BCUT2D eigenvalue weighted by molar-refractivity contribution is 0.0946. The molecule has 1 amide bonds. The molecule has 0 radical (unpaired) electrons. The van der Waals surface area contributed by atoms with Crippen molar-refractivity contribution >= 4 is 37.8 Å². The van der Waals surface area contributed by atoms with E-state index in [-0.39, 0.29) is 5.91 Å².